The molecule has 2 rings (SSSR count). The Morgan fingerprint density at radius 2 is 1.71 bits per heavy atom. The summed E-state index contributed by atoms with van der Waals surface area (Å²) in [6.07, 6.45) is 0.611. The van der Waals surface area contributed by atoms with E-state index >= 15 is 0 Å². The van der Waals surface area contributed by atoms with Gasteiger partial charge >= 0.3 is 5.97 Å². The number of carbonyl (C=O) groups excluding carboxylic acids is 1. The van der Waals surface area contributed by atoms with Gasteiger partial charge in [0.05, 0.1) is 5.56 Å². The molecule has 126 valence electrons. The number of ether oxygens (including phenoxy) is 1. The third-order valence-electron chi connectivity index (χ3n) is 4.07. The molecule has 0 aliphatic heterocycles. The van der Waals surface area contributed by atoms with Crippen LogP contribution in [0.15, 0.2) is 54.6 Å². The molecule has 0 radical (unpaired) electrons. The van der Waals surface area contributed by atoms with Gasteiger partial charge in [0.2, 0.25) is 0 Å². The third kappa shape index (κ3) is 4.00. The van der Waals surface area contributed by atoms with Crippen molar-refractivity contribution in [2.45, 2.75) is 18.9 Å². The Labute approximate surface area is 141 Å². The molecule has 0 aliphatic rings. The molecule has 1 atom stereocenters. The predicted octanol–water partition coefficient (Wildman–Crippen LogP) is 2.61. The lowest BCUT2D eigenvalue weighted by atomic mass is 9.94. The maximum atomic E-state index is 12.5. The zero-order valence-corrected chi connectivity index (χ0v) is 13.8. The van der Waals surface area contributed by atoms with Crippen molar-refractivity contribution in [3.63, 3.8) is 0 Å². The molecule has 0 fully saturated rings. The highest BCUT2D eigenvalue weighted by molar-refractivity contribution is 5.87. The first-order valence-electron chi connectivity index (χ1n) is 7.68. The van der Waals surface area contributed by atoms with Gasteiger partial charge in [-0.1, -0.05) is 42.5 Å². The molecule has 0 bridgehead atoms. The number of carboxylic acids is 1. The summed E-state index contributed by atoms with van der Waals surface area (Å²) < 4.78 is 5.45. The highest BCUT2D eigenvalue weighted by atomic mass is 16.5. The van der Waals surface area contributed by atoms with Gasteiger partial charge in [0.15, 0.2) is 5.60 Å². The van der Waals surface area contributed by atoms with E-state index in [4.69, 9.17) is 9.84 Å². The van der Waals surface area contributed by atoms with Gasteiger partial charge in [-0.3, -0.25) is 4.79 Å². The molecular weight excluding hydrogens is 306 g/mol. The fourth-order valence-corrected chi connectivity index (χ4v) is 2.40. The van der Waals surface area contributed by atoms with Crippen LogP contribution in [-0.2, 0) is 21.6 Å². The molecule has 2 N–H and O–H groups in total. The molecule has 1 amide bonds. The SMILES string of the molecule is CO[C@@](C)(C(=O)NCCc1ccc(C(=O)O)cc1)c1ccccc1. The minimum absolute atomic E-state index is 0.210. The Morgan fingerprint density at radius 3 is 2.25 bits per heavy atom. The van der Waals surface area contributed by atoms with Crippen LogP contribution in [0.4, 0.5) is 0 Å². The molecule has 2 aromatic carbocycles. The predicted molar refractivity (Wildman–Crippen MR) is 90.9 cm³/mol. The van der Waals surface area contributed by atoms with Crippen molar-refractivity contribution >= 4 is 11.9 Å². The zero-order chi connectivity index (χ0) is 17.6. The normalized spacial score (nSPS) is 13.1. The van der Waals surface area contributed by atoms with Gasteiger partial charge in [-0.05, 0) is 36.6 Å². The van der Waals surface area contributed by atoms with Crippen LogP contribution in [0, 0.1) is 0 Å². The summed E-state index contributed by atoms with van der Waals surface area (Å²) >= 11 is 0. The summed E-state index contributed by atoms with van der Waals surface area (Å²) in [7, 11) is 1.51. The number of amides is 1. The first-order valence-corrected chi connectivity index (χ1v) is 7.68. The highest BCUT2D eigenvalue weighted by Crippen LogP contribution is 2.24. The van der Waals surface area contributed by atoms with Gasteiger partial charge in [0.1, 0.15) is 0 Å². The summed E-state index contributed by atoms with van der Waals surface area (Å²) in [4.78, 5) is 23.3. The summed E-state index contributed by atoms with van der Waals surface area (Å²) in [5.41, 5.74) is 0.947. The largest absolute Gasteiger partial charge is 0.478 e. The van der Waals surface area contributed by atoms with Crippen LogP contribution in [-0.4, -0.2) is 30.6 Å². The number of methoxy groups -OCH3 is 1. The Morgan fingerprint density at radius 1 is 1.08 bits per heavy atom. The van der Waals surface area contributed by atoms with Gasteiger partial charge < -0.3 is 15.2 Å². The van der Waals surface area contributed by atoms with Crippen molar-refractivity contribution in [3.8, 4) is 0 Å². The van der Waals surface area contributed by atoms with E-state index in [-0.39, 0.29) is 11.5 Å². The number of carbonyl (C=O) groups is 2. The van der Waals surface area contributed by atoms with E-state index in [9.17, 15) is 9.59 Å². The molecule has 0 heterocycles. The second-order valence-electron chi connectivity index (χ2n) is 5.61. The van der Waals surface area contributed by atoms with E-state index in [1.165, 1.54) is 7.11 Å². The van der Waals surface area contributed by atoms with E-state index in [2.05, 4.69) is 5.32 Å². The molecule has 0 aromatic heterocycles. The topological polar surface area (TPSA) is 75.6 Å². The molecule has 0 saturated heterocycles. The van der Waals surface area contributed by atoms with Crippen molar-refractivity contribution in [2.75, 3.05) is 13.7 Å². The minimum Gasteiger partial charge on any atom is -0.478 e. The molecule has 24 heavy (non-hydrogen) atoms. The number of hydrogen-bond donors (Lipinski definition) is 2. The van der Waals surface area contributed by atoms with Gasteiger partial charge in [-0.15, -0.1) is 0 Å². The maximum absolute atomic E-state index is 12.5. The van der Waals surface area contributed by atoms with Crippen LogP contribution in [0.3, 0.4) is 0 Å². The highest BCUT2D eigenvalue weighted by Gasteiger charge is 2.34. The van der Waals surface area contributed by atoms with Crippen LogP contribution in [0.2, 0.25) is 0 Å². The lowest BCUT2D eigenvalue weighted by Crippen LogP contribution is -2.44. The number of nitrogens with one attached hydrogen (secondary N) is 1. The fraction of sp³-hybridized carbons (Fsp3) is 0.263. The third-order valence-corrected chi connectivity index (χ3v) is 4.07. The molecule has 5 heteroatoms. The monoisotopic (exact) mass is 327 g/mol. The number of rotatable bonds is 7. The van der Waals surface area contributed by atoms with Crippen molar-refractivity contribution < 1.29 is 19.4 Å². The lowest BCUT2D eigenvalue weighted by molar-refractivity contribution is -0.142. The fourth-order valence-electron chi connectivity index (χ4n) is 2.40. The van der Waals surface area contributed by atoms with Crippen LogP contribution >= 0.6 is 0 Å². The summed E-state index contributed by atoms with van der Waals surface area (Å²) in [6.45, 7) is 2.18. The van der Waals surface area contributed by atoms with Crippen molar-refractivity contribution in [2.24, 2.45) is 0 Å². The van der Waals surface area contributed by atoms with Crippen molar-refractivity contribution in [3.05, 3.63) is 71.3 Å². The lowest BCUT2D eigenvalue weighted by Gasteiger charge is -2.27. The van der Waals surface area contributed by atoms with Crippen molar-refractivity contribution in [1.29, 1.82) is 0 Å². The zero-order valence-electron chi connectivity index (χ0n) is 13.8. The molecule has 0 saturated carbocycles. The first-order chi connectivity index (χ1) is 11.5. The Balaban J connectivity index is 1.95. The van der Waals surface area contributed by atoms with Crippen LogP contribution < -0.4 is 5.32 Å². The Bertz CT molecular complexity index is 697. The molecule has 5 nitrogen and oxygen atoms in total. The Hall–Kier alpha value is -2.66. The van der Waals surface area contributed by atoms with Crippen molar-refractivity contribution in [1.82, 2.24) is 5.32 Å². The average molecular weight is 327 g/mol. The minimum atomic E-state index is -1.05. The first kappa shape index (κ1) is 17.7. The molecule has 2 aromatic rings. The van der Waals surface area contributed by atoms with E-state index in [1.54, 1.807) is 31.2 Å². The van der Waals surface area contributed by atoms with E-state index in [0.717, 1.165) is 11.1 Å². The number of aromatic carboxylic acids is 1. The van der Waals surface area contributed by atoms with E-state index < -0.39 is 11.6 Å². The molecule has 0 spiro atoms. The summed E-state index contributed by atoms with van der Waals surface area (Å²) in [6, 6.07) is 15.9. The quantitative estimate of drug-likeness (QED) is 0.819. The van der Waals surface area contributed by atoms with Gasteiger partial charge in [-0.2, -0.15) is 0 Å². The second kappa shape index (κ2) is 7.75. The van der Waals surface area contributed by atoms with Gasteiger partial charge in [0, 0.05) is 13.7 Å². The van der Waals surface area contributed by atoms with Crippen LogP contribution in [0.1, 0.15) is 28.4 Å². The Kier molecular flexibility index (Phi) is 5.71. The van der Waals surface area contributed by atoms with Gasteiger partial charge in [-0.25, -0.2) is 4.79 Å². The summed E-state index contributed by atoms with van der Waals surface area (Å²) in [5.74, 6) is -1.16. The van der Waals surface area contributed by atoms with E-state index in [0.29, 0.717) is 13.0 Å². The smallest absolute Gasteiger partial charge is 0.335 e. The number of hydrogen-bond acceptors (Lipinski definition) is 3. The van der Waals surface area contributed by atoms with Crippen LogP contribution in [0.25, 0.3) is 0 Å². The maximum Gasteiger partial charge on any atom is 0.335 e. The molecule has 0 unspecified atom stereocenters. The van der Waals surface area contributed by atoms with E-state index in [1.807, 2.05) is 30.3 Å². The molecule has 0 aliphatic carbocycles. The second-order valence-corrected chi connectivity index (χ2v) is 5.61. The standard InChI is InChI=1S/C19H21NO4/c1-19(24-2,16-6-4-3-5-7-16)18(23)20-13-12-14-8-10-15(11-9-14)17(21)22/h3-11H,12-13H2,1-2H3,(H,20,23)(H,21,22)/t19-/m1/s1. The average Bonchev–Trinajstić information content (AvgIpc) is 2.62. The summed E-state index contributed by atoms with van der Waals surface area (Å²) in [5, 5.41) is 11.8. The van der Waals surface area contributed by atoms with Gasteiger partial charge in [0.25, 0.3) is 5.91 Å². The number of carboxylic acid groups (broad SMARTS) is 1. The van der Waals surface area contributed by atoms with Crippen LogP contribution in [0.5, 0.6) is 0 Å². The molecular formula is C19H21NO4. The number of benzene rings is 2.